The van der Waals surface area contributed by atoms with Crippen LogP contribution < -0.4 is 19.7 Å². The maximum absolute atomic E-state index is 12.7. The van der Waals surface area contributed by atoms with Gasteiger partial charge in [0.15, 0.2) is 17.3 Å². The van der Waals surface area contributed by atoms with Crippen LogP contribution >= 0.6 is 0 Å². The van der Waals surface area contributed by atoms with Crippen molar-refractivity contribution in [3.05, 3.63) is 83.0 Å². The minimum atomic E-state index is 0.000729. The normalized spacial score (nSPS) is 13.9. The van der Waals surface area contributed by atoms with E-state index in [-0.39, 0.29) is 5.91 Å². The molecule has 0 atom stereocenters. The number of carbonyl (C=O) groups excluding carboxylic acids is 1. The van der Waals surface area contributed by atoms with Gasteiger partial charge in [-0.3, -0.25) is 9.69 Å². The van der Waals surface area contributed by atoms with Gasteiger partial charge in [-0.2, -0.15) is 5.10 Å². The molecule has 0 unspecified atom stereocenters. The van der Waals surface area contributed by atoms with Crippen LogP contribution in [-0.4, -0.2) is 67.9 Å². The summed E-state index contributed by atoms with van der Waals surface area (Å²) in [5, 5.41) is 14.4. The second-order valence-electron chi connectivity index (χ2n) is 10.1. The van der Waals surface area contributed by atoms with Crippen molar-refractivity contribution in [3.8, 4) is 11.5 Å². The van der Waals surface area contributed by atoms with Gasteiger partial charge in [0.1, 0.15) is 0 Å². The highest BCUT2D eigenvalue weighted by Gasteiger charge is 2.24. The highest BCUT2D eigenvalue weighted by atomic mass is 16.5. The monoisotopic (exact) mass is 525 g/mol. The second kappa shape index (κ2) is 11.7. The van der Waals surface area contributed by atoms with Crippen LogP contribution in [0.4, 0.5) is 11.5 Å². The van der Waals surface area contributed by atoms with Gasteiger partial charge in [0.05, 0.1) is 26.5 Å². The van der Waals surface area contributed by atoms with Crippen LogP contribution in [0, 0.1) is 13.8 Å². The molecule has 0 saturated carbocycles. The third kappa shape index (κ3) is 6.12. The molecule has 1 aliphatic heterocycles. The quantitative estimate of drug-likeness (QED) is 0.360. The molecular formula is C31H35N5O3. The van der Waals surface area contributed by atoms with Crippen molar-refractivity contribution in [1.82, 2.24) is 15.1 Å². The Morgan fingerprint density at radius 2 is 1.49 bits per heavy atom. The fraction of sp³-hybridized carbons (Fsp3) is 0.323. The zero-order valence-electron chi connectivity index (χ0n) is 23.0. The summed E-state index contributed by atoms with van der Waals surface area (Å²) in [4.78, 5) is 17.2. The number of rotatable bonds is 8. The van der Waals surface area contributed by atoms with E-state index in [1.807, 2.05) is 56.3 Å². The molecule has 8 heteroatoms. The number of nitrogens with zero attached hydrogens (tertiary/aromatic N) is 4. The Morgan fingerprint density at radius 3 is 2.13 bits per heavy atom. The lowest BCUT2D eigenvalue weighted by Gasteiger charge is -2.35. The molecule has 2 heterocycles. The molecule has 0 aliphatic carbocycles. The zero-order chi connectivity index (χ0) is 27.4. The topological polar surface area (TPSA) is 79.8 Å². The van der Waals surface area contributed by atoms with Crippen LogP contribution in [0.25, 0.3) is 10.8 Å². The maximum atomic E-state index is 12.7. The Kier molecular flexibility index (Phi) is 7.93. The highest BCUT2D eigenvalue weighted by molar-refractivity contribution is 5.96. The number of methoxy groups -OCH3 is 2. The van der Waals surface area contributed by atoms with E-state index in [0.29, 0.717) is 24.5 Å². The molecule has 8 nitrogen and oxygen atoms in total. The van der Waals surface area contributed by atoms with Crippen molar-refractivity contribution in [3.63, 3.8) is 0 Å². The molecule has 202 valence electrons. The minimum Gasteiger partial charge on any atom is -0.493 e. The SMILES string of the molecule is COc1cc2c(Cc3ccccc3)nnc(N3CCN(CC(=O)Nc4cc(C)cc(C)c4)CC3)c2cc1OC. The van der Waals surface area contributed by atoms with Crippen molar-refractivity contribution in [2.75, 3.05) is 57.2 Å². The number of fused-ring (bicyclic) bond motifs is 1. The summed E-state index contributed by atoms with van der Waals surface area (Å²) in [5.74, 6) is 2.15. The van der Waals surface area contributed by atoms with Gasteiger partial charge in [-0.25, -0.2) is 0 Å². The molecule has 0 radical (unpaired) electrons. The summed E-state index contributed by atoms with van der Waals surface area (Å²) in [5.41, 5.74) is 5.18. The highest BCUT2D eigenvalue weighted by Crippen LogP contribution is 2.37. The minimum absolute atomic E-state index is 0.000729. The molecule has 39 heavy (non-hydrogen) atoms. The van der Waals surface area contributed by atoms with Crippen molar-refractivity contribution < 1.29 is 14.3 Å². The van der Waals surface area contributed by atoms with E-state index in [1.54, 1.807) is 14.2 Å². The van der Waals surface area contributed by atoms with Crippen LogP contribution in [0.2, 0.25) is 0 Å². The standard InChI is InChI=1S/C31H35N5O3/c1-21-14-22(2)16-24(15-21)32-30(37)20-35-10-12-36(13-11-35)31-26-19-29(39-4)28(38-3)18-25(26)27(33-34-31)17-23-8-6-5-7-9-23/h5-9,14-16,18-19H,10-13,17,20H2,1-4H3,(H,32,37). The molecular weight excluding hydrogens is 490 g/mol. The molecule has 1 amide bonds. The molecule has 0 bridgehead atoms. The van der Waals surface area contributed by atoms with Crippen LogP contribution in [0.3, 0.4) is 0 Å². The van der Waals surface area contributed by atoms with Gasteiger partial charge < -0.3 is 19.7 Å². The summed E-state index contributed by atoms with van der Waals surface area (Å²) in [6, 6.07) is 20.4. The van der Waals surface area contributed by atoms with Crippen molar-refractivity contribution in [2.45, 2.75) is 20.3 Å². The molecule has 0 spiro atoms. The van der Waals surface area contributed by atoms with Gasteiger partial charge in [0.2, 0.25) is 5.91 Å². The average Bonchev–Trinajstić information content (AvgIpc) is 2.93. The maximum Gasteiger partial charge on any atom is 0.238 e. The van der Waals surface area contributed by atoms with Gasteiger partial charge in [-0.1, -0.05) is 36.4 Å². The summed E-state index contributed by atoms with van der Waals surface area (Å²) >= 11 is 0. The first kappa shape index (κ1) is 26.4. The molecule has 4 aromatic rings. The summed E-state index contributed by atoms with van der Waals surface area (Å²) in [6.45, 7) is 7.42. The molecule has 1 aromatic heterocycles. The number of ether oxygens (including phenoxy) is 2. The summed E-state index contributed by atoms with van der Waals surface area (Å²) in [7, 11) is 3.29. The number of aromatic nitrogens is 2. The van der Waals surface area contributed by atoms with Crippen LogP contribution in [0.5, 0.6) is 11.5 Å². The number of anilines is 2. The number of amides is 1. The van der Waals surface area contributed by atoms with E-state index in [2.05, 4.69) is 38.4 Å². The third-order valence-corrected chi connectivity index (χ3v) is 7.10. The largest absolute Gasteiger partial charge is 0.493 e. The van der Waals surface area contributed by atoms with E-state index >= 15 is 0 Å². The first-order valence-electron chi connectivity index (χ1n) is 13.2. The third-order valence-electron chi connectivity index (χ3n) is 7.10. The van der Waals surface area contributed by atoms with Gasteiger partial charge in [0.25, 0.3) is 0 Å². The number of carbonyl (C=O) groups is 1. The van der Waals surface area contributed by atoms with E-state index < -0.39 is 0 Å². The smallest absolute Gasteiger partial charge is 0.238 e. The van der Waals surface area contributed by atoms with Crippen LogP contribution in [0.15, 0.2) is 60.7 Å². The van der Waals surface area contributed by atoms with Crippen molar-refractivity contribution in [1.29, 1.82) is 0 Å². The number of hydrogen-bond acceptors (Lipinski definition) is 7. The number of hydrogen-bond donors (Lipinski definition) is 1. The first-order chi connectivity index (χ1) is 18.9. The lowest BCUT2D eigenvalue weighted by atomic mass is 10.0. The molecule has 5 rings (SSSR count). The molecule has 1 N–H and O–H groups in total. The lowest BCUT2D eigenvalue weighted by molar-refractivity contribution is -0.117. The van der Waals surface area contributed by atoms with Gasteiger partial charge in [-0.15, -0.1) is 5.10 Å². The van der Waals surface area contributed by atoms with Crippen LogP contribution in [0.1, 0.15) is 22.4 Å². The summed E-state index contributed by atoms with van der Waals surface area (Å²) in [6.07, 6.45) is 0.670. The van der Waals surface area contributed by atoms with Gasteiger partial charge in [-0.05, 0) is 54.8 Å². The van der Waals surface area contributed by atoms with Gasteiger partial charge in [0, 0.05) is 49.1 Å². The predicted molar refractivity (Wildman–Crippen MR) is 155 cm³/mol. The Balaban J connectivity index is 1.33. The Bertz CT molecular complexity index is 1450. The number of nitrogens with one attached hydrogen (secondary N) is 1. The Morgan fingerprint density at radius 1 is 0.846 bits per heavy atom. The first-order valence-corrected chi connectivity index (χ1v) is 13.2. The zero-order valence-corrected chi connectivity index (χ0v) is 23.0. The van der Waals surface area contributed by atoms with E-state index in [1.165, 1.54) is 5.56 Å². The molecule has 1 aliphatic rings. The van der Waals surface area contributed by atoms with E-state index in [4.69, 9.17) is 14.6 Å². The number of piperazine rings is 1. The molecule has 1 fully saturated rings. The second-order valence-corrected chi connectivity index (χ2v) is 10.1. The summed E-state index contributed by atoms with van der Waals surface area (Å²) < 4.78 is 11.2. The van der Waals surface area contributed by atoms with Gasteiger partial charge >= 0.3 is 0 Å². The predicted octanol–water partition coefficient (Wildman–Crippen LogP) is 4.62. The molecule has 3 aromatic carbocycles. The fourth-order valence-corrected chi connectivity index (χ4v) is 5.24. The fourth-order valence-electron chi connectivity index (χ4n) is 5.24. The van der Waals surface area contributed by atoms with Crippen LogP contribution in [-0.2, 0) is 11.2 Å². The van der Waals surface area contributed by atoms with Crippen molar-refractivity contribution in [2.24, 2.45) is 0 Å². The Hall–Kier alpha value is -4.17. The van der Waals surface area contributed by atoms with E-state index in [9.17, 15) is 4.79 Å². The van der Waals surface area contributed by atoms with E-state index in [0.717, 1.165) is 65.3 Å². The van der Waals surface area contributed by atoms with Crippen molar-refractivity contribution >= 4 is 28.2 Å². The number of aryl methyl sites for hydroxylation is 2. The lowest BCUT2D eigenvalue weighted by Crippen LogP contribution is -2.49. The average molecular weight is 526 g/mol. The number of benzene rings is 3. The Labute approximate surface area is 229 Å². The molecule has 1 saturated heterocycles.